The SMILES string of the molecule is NCc1ccc(C23CC4CCC(C2)N43)c(F)c1. The van der Waals surface area contributed by atoms with Crippen molar-refractivity contribution in [3.05, 3.63) is 35.1 Å². The monoisotopic (exact) mass is 232 g/mol. The summed E-state index contributed by atoms with van der Waals surface area (Å²) in [6.45, 7) is 0.416. The van der Waals surface area contributed by atoms with E-state index in [9.17, 15) is 4.39 Å². The zero-order chi connectivity index (χ0) is 11.6. The lowest BCUT2D eigenvalue weighted by atomic mass is 9.64. The fourth-order valence-electron chi connectivity index (χ4n) is 4.33. The predicted octanol–water partition coefficient (Wildman–Crippen LogP) is 2.12. The number of rotatable bonds is 2. The van der Waals surface area contributed by atoms with Gasteiger partial charge in [-0.05, 0) is 37.3 Å². The largest absolute Gasteiger partial charge is 0.326 e. The highest BCUT2D eigenvalue weighted by Gasteiger charge is 2.66. The van der Waals surface area contributed by atoms with Crippen molar-refractivity contribution < 1.29 is 4.39 Å². The topological polar surface area (TPSA) is 29.3 Å². The maximum Gasteiger partial charge on any atom is 0.128 e. The van der Waals surface area contributed by atoms with Gasteiger partial charge in [-0.3, -0.25) is 4.90 Å². The number of benzene rings is 1. The van der Waals surface area contributed by atoms with Gasteiger partial charge in [0.05, 0.1) is 5.54 Å². The molecular weight excluding hydrogens is 215 g/mol. The van der Waals surface area contributed by atoms with Crippen LogP contribution in [0.2, 0.25) is 0 Å². The molecule has 1 aromatic carbocycles. The van der Waals surface area contributed by atoms with Crippen LogP contribution < -0.4 is 5.73 Å². The molecule has 2 N–H and O–H groups in total. The van der Waals surface area contributed by atoms with Crippen molar-refractivity contribution >= 4 is 0 Å². The first-order valence-corrected chi connectivity index (χ1v) is 6.52. The predicted molar refractivity (Wildman–Crippen MR) is 63.9 cm³/mol. The molecule has 1 aromatic rings. The lowest BCUT2D eigenvalue weighted by Gasteiger charge is -2.67. The van der Waals surface area contributed by atoms with Gasteiger partial charge < -0.3 is 5.73 Å². The Kier molecular flexibility index (Phi) is 1.82. The fraction of sp³-hybridized carbons (Fsp3) is 0.571. The highest BCUT2D eigenvalue weighted by Crippen LogP contribution is 2.63. The molecule has 3 aliphatic rings. The number of hydrogen-bond donors (Lipinski definition) is 1. The number of piperidine rings is 1. The van der Waals surface area contributed by atoms with Crippen LogP contribution in [0.3, 0.4) is 0 Å². The third-order valence-electron chi connectivity index (χ3n) is 5.03. The molecule has 2 atom stereocenters. The van der Waals surface area contributed by atoms with Gasteiger partial charge in [0.15, 0.2) is 0 Å². The summed E-state index contributed by atoms with van der Waals surface area (Å²) in [5.41, 5.74) is 7.39. The van der Waals surface area contributed by atoms with E-state index < -0.39 is 0 Å². The molecule has 3 heterocycles. The Balaban J connectivity index is 1.72. The third-order valence-corrected chi connectivity index (χ3v) is 5.03. The molecule has 3 aliphatic heterocycles. The Bertz CT molecular complexity index is 471. The van der Waals surface area contributed by atoms with E-state index in [0.717, 1.165) is 36.1 Å². The molecule has 2 unspecified atom stereocenters. The van der Waals surface area contributed by atoms with Crippen LogP contribution in [0.25, 0.3) is 0 Å². The Morgan fingerprint density at radius 3 is 2.59 bits per heavy atom. The Hall–Kier alpha value is -0.930. The zero-order valence-corrected chi connectivity index (χ0v) is 9.82. The summed E-state index contributed by atoms with van der Waals surface area (Å²) < 4.78 is 14.2. The normalized spacial score (nSPS) is 38.5. The summed E-state index contributed by atoms with van der Waals surface area (Å²) in [7, 11) is 0. The molecule has 0 saturated carbocycles. The lowest BCUT2D eigenvalue weighted by molar-refractivity contribution is -0.173. The second-order valence-electron chi connectivity index (χ2n) is 5.75. The number of nitrogens with zero attached hydrogens (tertiary/aromatic N) is 1. The van der Waals surface area contributed by atoms with E-state index >= 15 is 0 Å². The van der Waals surface area contributed by atoms with E-state index in [1.165, 1.54) is 12.8 Å². The Labute approximate surface area is 101 Å². The average Bonchev–Trinajstić information content (AvgIpc) is 2.48. The molecule has 17 heavy (non-hydrogen) atoms. The summed E-state index contributed by atoms with van der Waals surface area (Å²) in [5.74, 6) is -0.0586. The van der Waals surface area contributed by atoms with Crippen LogP contribution >= 0.6 is 0 Å². The van der Waals surface area contributed by atoms with Crippen LogP contribution in [0.1, 0.15) is 36.8 Å². The molecule has 0 radical (unpaired) electrons. The van der Waals surface area contributed by atoms with Crippen LogP contribution in [-0.4, -0.2) is 17.0 Å². The molecule has 0 bridgehead atoms. The second kappa shape index (κ2) is 3.09. The van der Waals surface area contributed by atoms with Gasteiger partial charge in [0, 0.05) is 24.2 Å². The van der Waals surface area contributed by atoms with Gasteiger partial charge in [0.1, 0.15) is 5.82 Å². The van der Waals surface area contributed by atoms with Crippen molar-refractivity contribution in [2.45, 2.75) is 49.9 Å². The van der Waals surface area contributed by atoms with Gasteiger partial charge in [-0.25, -0.2) is 4.39 Å². The highest BCUT2D eigenvalue weighted by atomic mass is 19.1. The first-order valence-electron chi connectivity index (χ1n) is 6.52. The van der Waals surface area contributed by atoms with Gasteiger partial charge in [-0.2, -0.15) is 0 Å². The maximum atomic E-state index is 14.2. The van der Waals surface area contributed by atoms with Gasteiger partial charge >= 0.3 is 0 Å². The third kappa shape index (κ3) is 1.07. The van der Waals surface area contributed by atoms with E-state index in [4.69, 9.17) is 5.73 Å². The molecular formula is C14H17FN2. The van der Waals surface area contributed by atoms with E-state index in [0.29, 0.717) is 6.54 Å². The molecule has 90 valence electrons. The van der Waals surface area contributed by atoms with Crippen molar-refractivity contribution in [2.24, 2.45) is 5.73 Å². The summed E-state index contributed by atoms with van der Waals surface area (Å²) in [4.78, 5) is 2.55. The van der Waals surface area contributed by atoms with Crippen LogP contribution in [0.15, 0.2) is 18.2 Å². The van der Waals surface area contributed by atoms with Crippen LogP contribution in [0.5, 0.6) is 0 Å². The standard InChI is InChI=1S/C14H17FN2/c15-13-5-9(8-16)1-4-12(13)14-6-10-2-3-11(7-14)17(10)14/h1,4-5,10-11H,2-3,6-8,16H2. The van der Waals surface area contributed by atoms with E-state index in [1.54, 1.807) is 6.07 Å². The fourth-order valence-corrected chi connectivity index (χ4v) is 4.33. The molecule has 3 fully saturated rings. The summed E-state index contributed by atoms with van der Waals surface area (Å²) in [6.07, 6.45) is 4.94. The maximum absolute atomic E-state index is 14.2. The minimum Gasteiger partial charge on any atom is -0.326 e. The van der Waals surface area contributed by atoms with E-state index in [2.05, 4.69) is 4.90 Å². The van der Waals surface area contributed by atoms with Crippen molar-refractivity contribution in [1.82, 2.24) is 4.90 Å². The lowest BCUT2D eigenvalue weighted by Crippen LogP contribution is -2.72. The Morgan fingerprint density at radius 2 is 2.00 bits per heavy atom. The van der Waals surface area contributed by atoms with E-state index in [-0.39, 0.29) is 11.4 Å². The molecule has 3 heteroatoms. The Morgan fingerprint density at radius 1 is 1.29 bits per heavy atom. The minimum atomic E-state index is -0.0586. The van der Waals surface area contributed by atoms with Crippen LogP contribution in [0, 0.1) is 5.82 Å². The summed E-state index contributed by atoms with van der Waals surface area (Å²) >= 11 is 0. The molecule has 0 aliphatic carbocycles. The molecule has 0 amide bonds. The average molecular weight is 232 g/mol. The first kappa shape index (κ1) is 10.0. The zero-order valence-electron chi connectivity index (χ0n) is 9.82. The van der Waals surface area contributed by atoms with Crippen molar-refractivity contribution in [2.75, 3.05) is 0 Å². The summed E-state index contributed by atoms with van der Waals surface area (Å²) in [5, 5.41) is 0. The van der Waals surface area contributed by atoms with Gasteiger partial charge in [-0.1, -0.05) is 12.1 Å². The molecule has 0 aromatic heterocycles. The second-order valence-corrected chi connectivity index (χ2v) is 5.75. The highest BCUT2D eigenvalue weighted by molar-refractivity contribution is 5.38. The van der Waals surface area contributed by atoms with E-state index in [1.807, 2.05) is 12.1 Å². The van der Waals surface area contributed by atoms with Crippen LogP contribution in [-0.2, 0) is 12.1 Å². The number of halogens is 1. The smallest absolute Gasteiger partial charge is 0.128 e. The summed E-state index contributed by atoms with van der Waals surface area (Å²) in [6, 6.07) is 7.03. The van der Waals surface area contributed by atoms with Crippen LogP contribution in [0.4, 0.5) is 4.39 Å². The quantitative estimate of drug-likeness (QED) is 0.846. The van der Waals surface area contributed by atoms with Crippen molar-refractivity contribution in [1.29, 1.82) is 0 Å². The molecule has 3 saturated heterocycles. The van der Waals surface area contributed by atoms with Gasteiger partial charge in [-0.15, -0.1) is 0 Å². The minimum absolute atomic E-state index is 0.0586. The molecule has 2 nitrogen and oxygen atoms in total. The number of hydrogen-bond acceptors (Lipinski definition) is 2. The van der Waals surface area contributed by atoms with Gasteiger partial charge in [0.2, 0.25) is 0 Å². The van der Waals surface area contributed by atoms with Crippen molar-refractivity contribution in [3.8, 4) is 0 Å². The van der Waals surface area contributed by atoms with Crippen molar-refractivity contribution in [3.63, 3.8) is 0 Å². The van der Waals surface area contributed by atoms with Gasteiger partial charge in [0.25, 0.3) is 0 Å². The first-order chi connectivity index (χ1) is 8.24. The molecule has 4 rings (SSSR count). The number of nitrogens with two attached hydrogens (primary N) is 1. The molecule has 0 spiro atoms.